The number of pyridine rings is 1. The highest BCUT2D eigenvalue weighted by Gasteiger charge is 2.08. The third-order valence-corrected chi connectivity index (χ3v) is 2.34. The Morgan fingerprint density at radius 2 is 2.06 bits per heavy atom. The topological polar surface area (TPSA) is 30.0 Å². The number of aromatic nitrogens is 1. The number of carbonyl (C=O) groups is 1. The van der Waals surface area contributed by atoms with Crippen molar-refractivity contribution < 1.29 is 9.18 Å². The molecule has 0 N–H and O–H groups in total. The Morgan fingerprint density at radius 1 is 1.25 bits per heavy atom. The lowest BCUT2D eigenvalue weighted by Crippen LogP contribution is -1.97. The first-order chi connectivity index (χ1) is 7.68. The summed E-state index contributed by atoms with van der Waals surface area (Å²) in [5, 5.41) is 0. The van der Waals surface area contributed by atoms with Crippen molar-refractivity contribution in [1.82, 2.24) is 4.98 Å². The lowest BCUT2D eigenvalue weighted by molar-refractivity contribution is 0.101. The van der Waals surface area contributed by atoms with Gasteiger partial charge < -0.3 is 0 Å². The minimum Gasteiger partial charge on any atom is -0.294 e. The van der Waals surface area contributed by atoms with Crippen LogP contribution in [0.3, 0.4) is 0 Å². The van der Waals surface area contributed by atoms with Crippen LogP contribution in [0.15, 0.2) is 42.7 Å². The molecule has 0 aliphatic carbocycles. The molecule has 80 valence electrons. The molecule has 2 aromatic rings. The highest BCUT2D eigenvalue weighted by molar-refractivity contribution is 5.95. The summed E-state index contributed by atoms with van der Waals surface area (Å²) in [5.41, 5.74) is 1.77. The first-order valence-corrected chi connectivity index (χ1v) is 4.89. The summed E-state index contributed by atoms with van der Waals surface area (Å²) in [6, 6.07) is 8.16. The van der Waals surface area contributed by atoms with Crippen molar-refractivity contribution in [2.45, 2.75) is 6.92 Å². The van der Waals surface area contributed by atoms with E-state index >= 15 is 0 Å². The molecule has 0 bridgehead atoms. The summed E-state index contributed by atoms with van der Waals surface area (Å²) in [6.45, 7) is 1.35. The van der Waals surface area contributed by atoms with Crippen LogP contribution in [0.25, 0.3) is 11.1 Å². The number of halogens is 1. The molecule has 0 aliphatic heterocycles. The minimum atomic E-state index is -0.486. The predicted molar refractivity (Wildman–Crippen MR) is 59.6 cm³/mol. The Bertz CT molecular complexity index is 523. The average molecular weight is 215 g/mol. The van der Waals surface area contributed by atoms with Crippen LogP contribution in [0.2, 0.25) is 0 Å². The van der Waals surface area contributed by atoms with E-state index in [1.165, 1.54) is 13.0 Å². The van der Waals surface area contributed by atoms with E-state index in [4.69, 9.17) is 0 Å². The van der Waals surface area contributed by atoms with Gasteiger partial charge in [0.05, 0.1) is 5.56 Å². The monoisotopic (exact) mass is 215 g/mol. The molecule has 2 nitrogen and oxygen atoms in total. The second-order valence-electron chi connectivity index (χ2n) is 3.49. The summed E-state index contributed by atoms with van der Waals surface area (Å²) < 4.78 is 13.3. The quantitative estimate of drug-likeness (QED) is 0.720. The second kappa shape index (κ2) is 4.23. The molecule has 0 saturated carbocycles. The fourth-order valence-electron chi connectivity index (χ4n) is 1.51. The van der Waals surface area contributed by atoms with Crippen molar-refractivity contribution in [1.29, 1.82) is 0 Å². The van der Waals surface area contributed by atoms with Crippen LogP contribution in [0.1, 0.15) is 17.3 Å². The van der Waals surface area contributed by atoms with Gasteiger partial charge in [-0.2, -0.15) is 0 Å². The molecule has 0 aliphatic rings. The highest BCUT2D eigenvalue weighted by atomic mass is 19.1. The minimum absolute atomic E-state index is 0.112. The summed E-state index contributed by atoms with van der Waals surface area (Å²) >= 11 is 0. The fraction of sp³-hybridized carbons (Fsp3) is 0.0769. The molecule has 0 amide bonds. The molecular weight excluding hydrogens is 205 g/mol. The molecule has 16 heavy (non-hydrogen) atoms. The number of nitrogens with zero attached hydrogens (tertiary/aromatic N) is 1. The van der Waals surface area contributed by atoms with Crippen molar-refractivity contribution >= 4 is 5.78 Å². The zero-order valence-corrected chi connectivity index (χ0v) is 8.77. The van der Waals surface area contributed by atoms with Crippen molar-refractivity contribution in [2.75, 3.05) is 0 Å². The van der Waals surface area contributed by atoms with Crippen molar-refractivity contribution in [3.05, 3.63) is 54.1 Å². The molecular formula is C13H10FNO. The number of hydrogen-bond donors (Lipinski definition) is 0. The van der Waals surface area contributed by atoms with E-state index in [1.54, 1.807) is 30.6 Å². The van der Waals surface area contributed by atoms with Gasteiger partial charge in [0.15, 0.2) is 5.78 Å². The summed E-state index contributed by atoms with van der Waals surface area (Å²) in [6.07, 6.45) is 3.34. The van der Waals surface area contributed by atoms with Gasteiger partial charge in [-0.05, 0) is 30.7 Å². The first kappa shape index (κ1) is 10.5. The Kier molecular flexibility index (Phi) is 2.77. The van der Waals surface area contributed by atoms with Crippen molar-refractivity contribution in [3.63, 3.8) is 0 Å². The molecule has 0 atom stereocenters. The molecule has 2 rings (SSSR count). The molecule has 0 unspecified atom stereocenters. The Morgan fingerprint density at radius 3 is 2.69 bits per heavy atom. The van der Waals surface area contributed by atoms with Crippen LogP contribution in [0.5, 0.6) is 0 Å². The summed E-state index contributed by atoms with van der Waals surface area (Å²) in [5.74, 6) is -0.761. The van der Waals surface area contributed by atoms with Crippen molar-refractivity contribution in [3.8, 4) is 11.1 Å². The Balaban J connectivity index is 2.52. The normalized spacial score (nSPS) is 10.1. The largest absolute Gasteiger partial charge is 0.294 e. The number of carbonyl (C=O) groups excluding carboxylic acids is 1. The molecule has 1 heterocycles. The molecule has 0 fully saturated rings. The number of ketones is 1. The van der Waals surface area contributed by atoms with Crippen LogP contribution < -0.4 is 0 Å². The van der Waals surface area contributed by atoms with Crippen LogP contribution >= 0.6 is 0 Å². The lowest BCUT2D eigenvalue weighted by atomic mass is 10.0. The van der Waals surface area contributed by atoms with E-state index in [2.05, 4.69) is 4.98 Å². The maximum absolute atomic E-state index is 13.3. The maximum Gasteiger partial charge on any atom is 0.162 e. The molecule has 1 aromatic carbocycles. The molecule has 0 radical (unpaired) electrons. The van der Waals surface area contributed by atoms with E-state index in [9.17, 15) is 9.18 Å². The zero-order valence-electron chi connectivity index (χ0n) is 8.77. The van der Waals surface area contributed by atoms with Gasteiger partial charge in [0.25, 0.3) is 0 Å². The van der Waals surface area contributed by atoms with Gasteiger partial charge >= 0.3 is 0 Å². The molecule has 0 spiro atoms. The van der Waals surface area contributed by atoms with Crippen LogP contribution in [-0.4, -0.2) is 10.8 Å². The second-order valence-corrected chi connectivity index (χ2v) is 3.49. The third kappa shape index (κ3) is 1.98. The third-order valence-electron chi connectivity index (χ3n) is 2.34. The first-order valence-electron chi connectivity index (χ1n) is 4.89. The Hall–Kier alpha value is -2.03. The van der Waals surface area contributed by atoms with Gasteiger partial charge in [-0.1, -0.05) is 12.1 Å². The smallest absolute Gasteiger partial charge is 0.162 e. The molecule has 0 saturated heterocycles. The maximum atomic E-state index is 13.3. The van der Waals surface area contributed by atoms with Gasteiger partial charge in [-0.25, -0.2) is 4.39 Å². The number of hydrogen-bond acceptors (Lipinski definition) is 2. The van der Waals surface area contributed by atoms with Crippen LogP contribution in [-0.2, 0) is 0 Å². The van der Waals surface area contributed by atoms with Gasteiger partial charge in [0.1, 0.15) is 5.82 Å². The van der Waals surface area contributed by atoms with Gasteiger partial charge in [-0.3, -0.25) is 9.78 Å². The fourth-order valence-corrected chi connectivity index (χ4v) is 1.51. The van der Waals surface area contributed by atoms with Gasteiger partial charge in [-0.15, -0.1) is 0 Å². The Labute approximate surface area is 92.8 Å². The van der Waals surface area contributed by atoms with Crippen LogP contribution in [0.4, 0.5) is 4.39 Å². The summed E-state index contributed by atoms with van der Waals surface area (Å²) in [7, 11) is 0. The van der Waals surface area contributed by atoms with E-state index in [-0.39, 0.29) is 11.3 Å². The summed E-state index contributed by atoms with van der Waals surface area (Å²) in [4.78, 5) is 15.2. The standard InChI is InChI=1S/C13H10FNO/c1-9(16)12-7-10(4-5-13(12)14)11-3-2-6-15-8-11/h2-8H,1H3. The predicted octanol–water partition coefficient (Wildman–Crippen LogP) is 3.09. The van der Waals surface area contributed by atoms with Gasteiger partial charge in [0, 0.05) is 18.0 Å². The number of Topliss-reactive ketones (excluding diaryl/α,β-unsaturated/α-hetero) is 1. The molecule has 1 aromatic heterocycles. The lowest BCUT2D eigenvalue weighted by Gasteiger charge is -2.04. The average Bonchev–Trinajstić information content (AvgIpc) is 2.30. The van der Waals surface area contributed by atoms with Crippen molar-refractivity contribution in [2.24, 2.45) is 0 Å². The highest BCUT2D eigenvalue weighted by Crippen LogP contribution is 2.21. The van der Waals surface area contributed by atoms with Gasteiger partial charge in [0.2, 0.25) is 0 Å². The zero-order chi connectivity index (χ0) is 11.5. The molecule has 3 heteroatoms. The van der Waals surface area contributed by atoms with Crippen LogP contribution in [0, 0.1) is 5.82 Å². The van der Waals surface area contributed by atoms with E-state index < -0.39 is 5.82 Å². The van der Waals surface area contributed by atoms with E-state index in [0.717, 1.165) is 11.1 Å². The number of benzene rings is 1. The number of rotatable bonds is 2. The van der Waals surface area contributed by atoms with E-state index in [1.807, 2.05) is 6.07 Å². The SMILES string of the molecule is CC(=O)c1cc(-c2cccnc2)ccc1F. The van der Waals surface area contributed by atoms with E-state index in [0.29, 0.717) is 0 Å².